The molecular formula is C16H22F2N2O6. The van der Waals surface area contributed by atoms with Gasteiger partial charge in [0.2, 0.25) is 0 Å². The number of halogens is 2. The van der Waals surface area contributed by atoms with E-state index in [2.05, 4.69) is 5.32 Å². The van der Waals surface area contributed by atoms with Crippen molar-refractivity contribution in [2.24, 2.45) is 5.41 Å². The summed E-state index contributed by atoms with van der Waals surface area (Å²) in [7, 11) is 1.29. The molecule has 1 rings (SSSR count). The average molecular weight is 376 g/mol. The fourth-order valence-electron chi connectivity index (χ4n) is 2.06. The second-order valence-electron chi connectivity index (χ2n) is 6.21. The summed E-state index contributed by atoms with van der Waals surface area (Å²) < 4.78 is 34.5. The van der Waals surface area contributed by atoms with Gasteiger partial charge in [0.15, 0.2) is 11.5 Å². The molecule has 0 aromatic heterocycles. The molecule has 0 saturated heterocycles. The van der Waals surface area contributed by atoms with Crippen molar-refractivity contribution < 1.29 is 33.1 Å². The first-order valence-electron chi connectivity index (χ1n) is 7.79. The normalized spacial score (nSPS) is 11.5. The van der Waals surface area contributed by atoms with Gasteiger partial charge in [0.05, 0.1) is 23.5 Å². The van der Waals surface area contributed by atoms with Crippen LogP contribution in [0.4, 0.5) is 14.5 Å². The van der Waals surface area contributed by atoms with Crippen molar-refractivity contribution in [3.05, 3.63) is 27.8 Å². The molecule has 0 unspecified atom stereocenters. The van der Waals surface area contributed by atoms with E-state index >= 15 is 0 Å². The molecule has 26 heavy (non-hydrogen) atoms. The molecule has 0 atom stereocenters. The first-order valence-corrected chi connectivity index (χ1v) is 7.79. The molecule has 0 heterocycles. The van der Waals surface area contributed by atoms with Crippen molar-refractivity contribution in [1.29, 1.82) is 0 Å². The molecule has 0 amide bonds. The molecule has 0 aliphatic carbocycles. The van der Waals surface area contributed by atoms with Gasteiger partial charge in [0.25, 0.3) is 12.1 Å². The lowest BCUT2D eigenvalue weighted by atomic mass is 9.90. The fourth-order valence-corrected chi connectivity index (χ4v) is 2.06. The molecule has 0 aliphatic heterocycles. The summed E-state index contributed by atoms with van der Waals surface area (Å²) in [6.45, 7) is 2.66. The number of carboxylic acids is 1. The Hall–Kier alpha value is -2.49. The molecule has 0 radical (unpaired) electrons. The highest BCUT2D eigenvalue weighted by atomic mass is 19.3. The quantitative estimate of drug-likeness (QED) is 0.347. The van der Waals surface area contributed by atoms with Crippen LogP contribution in [-0.2, 0) is 11.3 Å². The van der Waals surface area contributed by atoms with E-state index in [1.807, 2.05) is 0 Å². The Labute approximate surface area is 149 Å². The first-order chi connectivity index (χ1) is 12.1. The van der Waals surface area contributed by atoms with Gasteiger partial charge >= 0.3 is 5.97 Å². The molecule has 0 spiro atoms. The van der Waals surface area contributed by atoms with Crippen LogP contribution in [0.15, 0.2) is 12.1 Å². The molecule has 0 aliphatic rings. The van der Waals surface area contributed by atoms with Crippen molar-refractivity contribution in [2.75, 3.05) is 20.3 Å². The summed E-state index contributed by atoms with van der Waals surface area (Å²) in [5.74, 6) is -0.985. The number of nitro benzene ring substituents is 1. The fraction of sp³-hybridized carbons (Fsp3) is 0.562. The van der Waals surface area contributed by atoms with Crippen molar-refractivity contribution in [2.45, 2.75) is 33.2 Å². The summed E-state index contributed by atoms with van der Waals surface area (Å²) in [5, 5.41) is 23.3. The number of nitrogens with zero attached hydrogens (tertiary/aromatic N) is 1. The second kappa shape index (κ2) is 9.27. The molecule has 1 aromatic rings. The van der Waals surface area contributed by atoms with Crippen molar-refractivity contribution in [3.8, 4) is 11.5 Å². The highest BCUT2D eigenvalue weighted by Crippen LogP contribution is 2.35. The molecule has 1 aromatic carbocycles. The monoisotopic (exact) mass is 376 g/mol. The van der Waals surface area contributed by atoms with Gasteiger partial charge < -0.3 is 19.9 Å². The van der Waals surface area contributed by atoms with Gasteiger partial charge in [0.1, 0.15) is 6.61 Å². The SMILES string of the molecule is COc1cc(CNCCC(C)(C)C(=O)O)c([N+](=O)[O-])cc1OCC(F)F. The van der Waals surface area contributed by atoms with E-state index in [1.165, 1.54) is 13.2 Å². The minimum absolute atomic E-state index is 0.0809. The molecule has 10 heteroatoms. The van der Waals surface area contributed by atoms with Crippen LogP contribution in [0.25, 0.3) is 0 Å². The van der Waals surface area contributed by atoms with Gasteiger partial charge in [-0.05, 0) is 32.9 Å². The number of carbonyl (C=O) groups is 1. The number of aliphatic carboxylic acids is 1. The van der Waals surface area contributed by atoms with Crippen LogP contribution in [0.3, 0.4) is 0 Å². The van der Waals surface area contributed by atoms with Crippen LogP contribution in [0.1, 0.15) is 25.8 Å². The summed E-state index contributed by atoms with van der Waals surface area (Å²) in [6.07, 6.45) is -2.40. The second-order valence-corrected chi connectivity index (χ2v) is 6.21. The van der Waals surface area contributed by atoms with Crippen LogP contribution in [-0.4, -0.2) is 42.7 Å². The predicted octanol–water partition coefficient (Wildman–Crippen LogP) is 2.84. The van der Waals surface area contributed by atoms with Crippen LogP contribution < -0.4 is 14.8 Å². The number of benzene rings is 1. The van der Waals surface area contributed by atoms with Crippen molar-refractivity contribution in [1.82, 2.24) is 5.32 Å². The highest BCUT2D eigenvalue weighted by Gasteiger charge is 2.26. The van der Waals surface area contributed by atoms with Crippen LogP contribution in [0, 0.1) is 15.5 Å². The van der Waals surface area contributed by atoms with Crippen LogP contribution >= 0.6 is 0 Å². The van der Waals surface area contributed by atoms with Crippen LogP contribution in [0.5, 0.6) is 11.5 Å². The number of carboxylic acid groups (broad SMARTS) is 1. The molecule has 146 valence electrons. The Balaban J connectivity index is 2.89. The Morgan fingerprint density at radius 1 is 1.38 bits per heavy atom. The lowest BCUT2D eigenvalue weighted by Gasteiger charge is -2.19. The number of methoxy groups -OCH3 is 1. The van der Waals surface area contributed by atoms with Crippen molar-refractivity contribution >= 4 is 11.7 Å². The standard InChI is InChI=1S/C16H22F2N2O6/c1-16(2,15(21)22)4-5-19-8-10-6-12(25-3)13(26-9-14(17)18)7-11(10)20(23)24/h6-7,14,19H,4-5,8-9H2,1-3H3,(H,21,22). The third-order valence-electron chi connectivity index (χ3n) is 3.75. The number of nitrogens with one attached hydrogen (secondary N) is 1. The predicted molar refractivity (Wildman–Crippen MR) is 88.9 cm³/mol. The van der Waals surface area contributed by atoms with E-state index in [9.17, 15) is 23.7 Å². The lowest BCUT2D eigenvalue weighted by Crippen LogP contribution is -2.29. The lowest BCUT2D eigenvalue weighted by molar-refractivity contribution is -0.385. The zero-order valence-corrected chi connectivity index (χ0v) is 14.8. The minimum Gasteiger partial charge on any atom is -0.493 e. The molecule has 0 fully saturated rings. The number of ether oxygens (including phenoxy) is 2. The van der Waals surface area contributed by atoms with E-state index in [1.54, 1.807) is 13.8 Å². The number of alkyl halides is 2. The zero-order valence-electron chi connectivity index (χ0n) is 14.8. The molecule has 0 saturated carbocycles. The van der Waals surface area contributed by atoms with Crippen LogP contribution in [0.2, 0.25) is 0 Å². The van der Waals surface area contributed by atoms with Gasteiger partial charge in [-0.3, -0.25) is 14.9 Å². The smallest absolute Gasteiger partial charge is 0.309 e. The molecular weight excluding hydrogens is 354 g/mol. The summed E-state index contributed by atoms with van der Waals surface area (Å²) in [6, 6.07) is 2.38. The molecule has 8 nitrogen and oxygen atoms in total. The van der Waals surface area contributed by atoms with Crippen molar-refractivity contribution in [3.63, 3.8) is 0 Å². The van der Waals surface area contributed by atoms with Gasteiger partial charge in [-0.1, -0.05) is 0 Å². The minimum atomic E-state index is -2.72. The Bertz CT molecular complexity index is 652. The van der Waals surface area contributed by atoms with Gasteiger partial charge in [0, 0.05) is 12.1 Å². The van der Waals surface area contributed by atoms with E-state index in [0.717, 1.165) is 6.07 Å². The summed E-state index contributed by atoms with van der Waals surface area (Å²) >= 11 is 0. The van der Waals surface area contributed by atoms with Gasteiger partial charge in [-0.25, -0.2) is 8.78 Å². The number of nitro groups is 1. The molecule has 2 N–H and O–H groups in total. The van der Waals surface area contributed by atoms with E-state index in [4.69, 9.17) is 14.6 Å². The van der Waals surface area contributed by atoms with E-state index < -0.39 is 29.3 Å². The third kappa shape index (κ3) is 6.10. The number of rotatable bonds is 11. The van der Waals surface area contributed by atoms with E-state index in [0.29, 0.717) is 13.0 Å². The first kappa shape index (κ1) is 21.6. The average Bonchev–Trinajstić information content (AvgIpc) is 2.56. The molecule has 0 bridgehead atoms. The topological polar surface area (TPSA) is 111 Å². The number of hydrogen-bond acceptors (Lipinski definition) is 6. The Morgan fingerprint density at radius 2 is 2.04 bits per heavy atom. The summed E-state index contributed by atoms with van der Waals surface area (Å²) in [4.78, 5) is 21.7. The van der Waals surface area contributed by atoms with E-state index in [-0.39, 0.29) is 29.3 Å². The zero-order chi connectivity index (χ0) is 19.9. The summed E-state index contributed by atoms with van der Waals surface area (Å²) in [5.41, 5.74) is -0.965. The van der Waals surface area contributed by atoms with Gasteiger partial charge in [-0.15, -0.1) is 0 Å². The maximum absolute atomic E-state index is 12.3. The Kier molecular flexibility index (Phi) is 7.69. The number of hydrogen-bond donors (Lipinski definition) is 2. The highest BCUT2D eigenvalue weighted by molar-refractivity contribution is 5.73. The third-order valence-corrected chi connectivity index (χ3v) is 3.75. The largest absolute Gasteiger partial charge is 0.493 e. The maximum atomic E-state index is 12.3. The van der Waals surface area contributed by atoms with Gasteiger partial charge in [-0.2, -0.15) is 0 Å². The maximum Gasteiger partial charge on any atom is 0.309 e. The Morgan fingerprint density at radius 3 is 2.54 bits per heavy atom.